The van der Waals surface area contributed by atoms with Crippen molar-refractivity contribution in [2.45, 2.75) is 18.9 Å². The van der Waals surface area contributed by atoms with Crippen molar-refractivity contribution in [3.05, 3.63) is 93.5 Å². The molecule has 0 saturated carbocycles. The molecule has 0 aliphatic heterocycles. The maximum atomic E-state index is 6.43. The number of benzene rings is 2. The molecule has 0 spiro atoms. The first kappa shape index (κ1) is 18.1. The third-order valence-corrected chi connectivity index (χ3v) is 4.92. The highest BCUT2D eigenvalue weighted by Gasteiger charge is 2.15. The van der Waals surface area contributed by atoms with Gasteiger partial charge < -0.3 is 4.57 Å². The minimum absolute atomic E-state index is 0.206. The van der Waals surface area contributed by atoms with Crippen LogP contribution in [0.2, 0.25) is 15.1 Å². The van der Waals surface area contributed by atoms with Crippen LogP contribution in [-0.2, 0) is 6.54 Å². The van der Waals surface area contributed by atoms with Crippen LogP contribution in [0.1, 0.15) is 23.5 Å². The van der Waals surface area contributed by atoms with E-state index in [4.69, 9.17) is 34.8 Å². The second-order valence-corrected chi connectivity index (χ2v) is 7.03. The Morgan fingerprint density at radius 2 is 1.88 bits per heavy atom. The highest BCUT2D eigenvalue weighted by Crippen LogP contribution is 2.31. The molecule has 1 heterocycles. The lowest BCUT2D eigenvalue weighted by atomic mass is 9.95. The van der Waals surface area contributed by atoms with Crippen molar-refractivity contribution in [2.24, 2.45) is 0 Å². The van der Waals surface area contributed by atoms with E-state index in [1.807, 2.05) is 55.0 Å². The maximum absolute atomic E-state index is 6.43. The molecule has 0 saturated heterocycles. The van der Waals surface area contributed by atoms with Crippen molar-refractivity contribution >= 4 is 40.9 Å². The van der Waals surface area contributed by atoms with Gasteiger partial charge in [-0.2, -0.15) is 0 Å². The Balaban J connectivity index is 1.82. The molecule has 1 unspecified atom stereocenters. The summed E-state index contributed by atoms with van der Waals surface area (Å²) in [6.07, 6.45) is 10.6. The Kier molecular flexibility index (Phi) is 6.19. The van der Waals surface area contributed by atoms with Crippen LogP contribution >= 0.6 is 34.8 Å². The van der Waals surface area contributed by atoms with Crippen molar-refractivity contribution in [3.8, 4) is 0 Å². The first-order valence-corrected chi connectivity index (χ1v) is 9.08. The number of imidazole rings is 1. The molecule has 0 N–H and O–H groups in total. The van der Waals surface area contributed by atoms with Crippen LogP contribution in [0.15, 0.2) is 67.3 Å². The largest absolute Gasteiger partial charge is 0.337 e. The predicted octanol–water partition coefficient (Wildman–Crippen LogP) is 6.73. The Hall–Kier alpha value is -1.74. The number of halogens is 3. The standard InChI is InChI=1S/C20H17Cl3N2/c21-17-8-9-18(20(23)12-17)16(13-25-11-10-24-14-25)6-3-5-15-4-1-2-7-19(15)22/h1-5,7-12,14,16H,6,13H2/b5-3+. The van der Waals surface area contributed by atoms with Crippen LogP contribution < -0.4 is 0 Å². The second-order valence-electron chi connectivity index (χ2n) is 5.78. The third-order valence-electron chi connectivity index (χ3n) is 4.02. The van der Waals surface area contributed by atoms with E-state index in [-0.39, 0.29) is 5.92 Å². The molecule has 1 aromatic heterocycles. The van der Waals surface area contributed by atoms with Gasteiger partial charge in [0.15, 0.2) is 0 Å². The number of rotatable bonds is 6. The quantitative estimate of drug-likeness (QED) is 0.455. The molecule has 2 nitrogen and oxygen atoms in total. The number of nitrogens with zero attached hydrogens (tertiary/aromatic N) is 2. The van der Waals surface area contributed by atoms with Crippen LogP contribution in [0, 0.1) is 0 Å². The predicted molar refractivity (Wildman–Crippen MR) is 107 cm³/mol. The monoisotopic (exact) mass is 390 g/mol. The summed E-state index contributed by atoms with van der Waals surface area (Å²) in [5, 5.41) is 2.07. The van der Waals surface area contributed by atoms with E-state index >= 15 is 0 Å². The highest BCUT2D eigenvalue weighted by molar-refractivity contribution is 6.35. The average molecular weight is 392 g/mol. The molecule has 3 rings (SSSR count). The first-order chi connectivity index (χ1) is 12.1. The molecule has 1 atom stereocenters. The molecule has 0 aliphatic rings. The van der Waals surface area contributed by atoms with E-state index in [1.54, 1.807) is 12.3 Å². The van der Waals surface area contributed by atoms with Gasteiger partial charge >= 0.3 is 0 Å². The molecule has 0 amide bonds. The van der Waals surface area contributed by atoms with E-state index in [0.717, 1.165) is 29.1 Å². The topological polar surface area (TPSA) is 17.8 Å². The Morgan fingerprint density at radius 3 is 2.60 bits per heavy atom. The van der Waals surface area contributed by atoms with Gasteiger partial charge in [-0.05, 0) is 35.7 Å². The fraction of sp³-hybridized carbons (Fsp3) is 0.150. The van der Waals surface area contributed by atoms with Crippen molar-refractivity contribution < 1.29 is 0 Å². The number of allylic oxidation sites excluding steroid dienone is 1. The summed E-state index contributed by atoms with van der Waals surface area (Å²) in [5.41, 5.74) is 2.08. The van der Waals surface area contributed by atoms with Crippen molar-refractivity contribution in [1.82, 2.24) is 9.55 Å². The molecule has 25 heavy (non-hydrogen) atoms. The molecule has 0 bridgehead atoms. The van der Waals surface area contributed by atoms with Crippen molar-refractivity contribution in [3.63, 3.8) is 0 Å². The molecular weight excluding hydrogens is 375 g/mol. The van der Waals surface area contributed by atoms with Gasteiger partial charge in [0.05, 0.1) is 6.33 Å². The molecule has 128 valence electrons. The minimum atomic E-state index is 0.206. The summed E-state index contributed by atoms with van der Waals surface area (Å²) in [4.78, 5) is 4.12. The molecule has 2 aromatic carbocycles. The second kappa shape index (κ2) is 8.57. The van der Waals surface area contributed by atoms with Gasteiger partial charge in [0.2, 0.25) is 0 Å². The van der Waals surface area contributed by atoms with Crippen molar-refractivity contribution in [2.75, 3.05) is 0 Å². The summed E-state index contributed by atoms with van der Waals surface area (Å²) in [7, 11) is 0. The summed E-state index contributed by atoms with van der Waals surface area (Å²) >= 11 is 18.7. The summed E-state index contributed by atoms with van der Waals surface area (Å²) in [6, 6.07) is 13.5. The van der Waals surface area contributed by atoms with Crippen LogP contribution in [0.4, 0.5) is 0 Å². The van der Waals surface area contributed by atoms with E-state index in [2.05, 4.69) is 15.6 Å². The van der Waals surface area contributed by atoms with E-state index in [0.29, 0.717) is 10.0 Å². The normalized spacial score (nSPS) is 12.6. The maximum Gasteiger partial charge on any atom is 0.0946 e. The zero-order valence-corrected chi connectivity index (χ0v) is 15.7. The lowest BCUT2D eigenvalue weighted by Gasteiger charge is -2.18. The third kappa shape index (κ3) is 4.88. The van der Waals surface area contributed by atoms with Gasteiger partial charge in [0.25, 0.3) is 0 Å². The average Bonchev–Trinajstić information content (AvgIpc) is 3.09. The number of hydrogen-bond acceptors (Lipinski definition) is 1. The fourth-order valence-electron chi connectivity index (χ4n) is 2.75. The van der Waals surface area contributed by atoms with Gasteiger partial charge in [-0.3, -0.25) is 0 Å². The SMILES string of the molecule is Clc1ccc(C(C/C=C/c2ccccc2Cl)Cn2ccnc2)c(Cl)c1. The highest BCUT2D eigenvalue weighted by atomic mass is 35.5. The van der Waals surface area contributed by atoms with E-state index < -0.39 is 0 Å². The van der Waals surface area contributed by atoms with Gasteiger partial charge in [-0.1, -0.05) is 71.2 Å². The molecule has 0 radical (unpaired) electrons. The lowest BCUT2D eigenvalue weighted by Crippen LogP contribution is -2.08. The Bertz CT molecular complexity index is 857. The summed E-state index contributed by atoms with van der Waals surface area (Å²) < 4.78 is 2.05. The van der Waals surface area contributed by atoms with Crippen molar-refractivity contribution in [1.29, 1.82) is 0 Å². The first-order valence-electron chi connectivity index (χ1n) is 7.95. The van der Waals surface area contributed by atoms with Crippen LogP contribution in [-0.4, -0.2) is 9.55 Å². The minimum Gasteiger partial charge on any atom is -0.337 e. The van der Waals surface area contributed by atoms with Crippen LogP contribution in [0.5, 0.6) is 0 Å². The van der Waals surface area contributed by atoms with E-state index in [1.165, 1.54) is 0 Å². The summed E-state index contributed by atoms with van der Waals surface area (Å²) in [5.74, 6) is 0.206. The van der Waals surface area contributed by atoms with Gasteiger partial charge in [-0.15, -0.1) is 0 Å². The molecular formula is C20H17Cl3N2. The molecule has 5 heteroatoms. The zero-order chi connectivity index (χ0) is 17.6. The fourth-order valence-corrected chi connectivity index (χ4v) is 3.51. The van der Waals surface area contributed by atoms with Gasteiger partial charge in [0.1, 0.15) is 0 Å². The molecule has 0 fully saturated rings. The smallest absolute Gasteiger partial charge is 0.0946 e. The molecule has 0 aliphatic carbocycles. The molecule has 3 aromatic rings. The number of aromatic nitrogens is 2. The van der Waals surface area contributed by atoms with Gasteiger partial charge in [0, 0.05) is 39.9 Å². The Morgan fingerprint density at radius 1 is 1.04 bits per heavy atom. The zero-order valence-electron chi connectivity index (χ0n) is 13.4. The van der Waals surface area contributed by atoms with Crippen LogP contribution in [0.3, 0.4) is 0 Å². The summed E-state index contributed by atoms with van der Waals surface area (Å²) in [6.45, 7) is 0.786. The van der Waals surface area contributed by atoms with Gasteiger partial charge in [-0.25, -0.2) is 4.98 Å². The lowest BCUT2D eigenvalue weighted by molar-refractivity contribution is 0.564. The van der Waals surface area contributed by atoms with Crippen LogP contribution in [0.25, 0.3) is 6.08 Å². The Labute approximate surface area is 162 Å². The van der Waals surface area contributed by atoms with E-state index in [9.17, 15) is 0 Å². The number of hydrogen-bond donors (Lipinski definition) is 0.